The maximum absolute atomic E-state index is 13.2. The Morgan fingerprint density at radius 3 is 2.61 bits per heavy atom. The van der Waals surface area contributed by atoms with Crippen LogP contribution in [0.15, 0.2) is 30.3 Å². The summed E-state index contributed by atoms with van der Waals surface area (Å²) >= 11 is 7.65. The molecule has 0 saturated heterocycles. The van der Waals surface area contributed by atoms with Crippen LogP contribution in [0.25, 0.3) is 0 Å². The molecular formula is C23H32Br2N2O4. The van der Waals surface area contributed by atoms with E-state index in [1.807, 2.05) is 37.4 Å². The van der Waals surface area contributed by atoms with Crippen LogP contribution in [0.3, 0.4) is 0 Å². The summed E-state index contributed by atoms with van der Waals surface area (Å²) < 4.78 is 4.92. The molecule has 1 aromatic rings. The third kappa shape index (κ3) is 5.02. The average molecular weight is 560 g/mol. The number of carbonyl (C=O) groups excluding carboxylic acids is 2. The number of aliphatic hydroxyl groups excluding tert-OH is 1. The number of benzene rings is 1. The lowest BCUT2D eigenvalue weighted by molar-refractivity contribution is -0.147. The molecule has 0 radical (unpaired) electrons. The third-order valence-corrected chi connectivity index (χ3v) is 9.66. The second kappa shape index (κ2) is 10.8. The summed E-state index contributed by atoms with van der Waals surface area (Å²) in [5, 5.41) is 17.5. The maximum Gasteiger partial charge on any atom is 0.328 e. The Hall–Kier alpha value is -0.960. The number of halogens is 2. The van der Waals surface area contributed by atoms with Crippen LogP contribution >= 0.6 is 31.9 Å². The molecule has 1 spiro atoms. The van der Waals surface area contributed by atoms with E-state index in [9.17, 15) is 14.7 Å². The topological polar surface area (TPSA) is 87.7 Å². The van der Waals surface area contributed by atoms with Gasteiger partial charge in [-0.25, -0.2) is 4.79 Å². The zero-order valence-electron chi connectivity index (χ0n) is 18.0. The van der Waals surface area contributed by atoms with Crippen molar-refractivity contribution >= 4 is 43.7 Å². The van der Waals surface area contributed by atoms with Crippen molar-refractivity contribution in [2.75, 3.05) is 14.2 Å². The quantitative estimate of drug-likeness (QED) is 0.368. The van der Waals surface area contributed by atoms with Gasteiger partial charge in [-0.1, -0.05) is 75.0 Å². The zero-order chi connectivity index (χ0) is 22.6. The molecule has 6 unspecified atom stereocenters. The Labute approximate surface area is 201 Å². The summed E-state index contributed by atoms with van der Waals surface area (Å²) in [6.45, 7) is 0. The smallest absolute Gasteiger partial charge is 0.328 e. The highest BCUT2D eigenvalue weighted by Crippen LogP contribution is 2.54. The lowest BCUT2D eigenvalue weighted by Gasteiger charge is -2.55. The average Bonchev–Trinajstić information content (AvgIpc) is 2.79. The van der Waals surface area contributed by atoms with Gasteiger partial charge in [0.25, 0.3) is 0 Å². The van der Waals surface area contributed by atoms with E-state index in [4.69, 9.17) is 4.74 Å². The van der Waals surface area contributed by atoms with E-state index in [0.29, 0.717) is 12.8 Å². The summed E-state index contributed by atoms with van der Waals surface area (Å²) in [5.41, 5.74) is 0.756. The van der Waals surface area contributed by atoms with Crippen molar-refractivity contribution in [3.63, 3.8) is 0 Å². The number of rotatable bonds is 6. The van der Waals surface area contributed by atoms with Crippen molar-refractivity contribution in [3.05, 3.63) is 35.9 Å². The minimum absolute atomic E-state index is 0.0620. The number of carbonyl (C=O) groups is 2. The highest BCUT2D eigenvalue weighted by atomic mass is 79.9. The Balaban J connectivity index is 1.76. The van der Waals surface area contributed by atoms with E-state index < -0.39 is 24.0 Å². The first-order valence-corrected chi connectivity index (χ1v) is 12.7. The summed E-state index contributed by atoms with van der Waals surface area (Å²) in [5.74, 6) is -1.44. The van der Waals surface area contributed by atoms with Gasteiger partial charge in [0.15, 0.2) is 0 Å². The molecular weight excluding hydrogens is 528 g/mol. The van der Waals surface area contributed by atoms with E-state index in [1.165, 1.54) is 7.11 Å². The van der Waals surface area contributed by atoms with Crippen LogP contribution in [0.4, 0.5) is 0 Å². The number of aliphatic hydroxyl groups is 1. The second-order valence-corrected chi connectivity index (χ2v) is 10.8. The number of nitrogens with one attached hydrogen (secondary N) is 2. The lowest BCUT2D eigenvalue weighted by Crippen LogP contribution is -2.65. The van der Waals surface area contributed by atoms with Crippen LogP contribution in [0.2, 0.25) is 0 Å². The molecule has 8 heteroatoms. The molecule has 2 aliphatic carbocycles. The van der Waals surface area contributed by atoms with Crippen molar-refractivity contribution in [1.82, 2.24) is 10.6 Å². The van der Waals surface area contributed by atoms with Crippen LogP contribution in [-0.4, -0.2) is 59.0 Å². The molecule has 2 aliphatic rings. The fraction of sp³-hybridized carbons (Fsp3) is 0.652. The van der Waals surface area contributed by atoms with Crippen LogP contribution in [0.1, 0.15) is 37.7 Å². The SMILES string of the molecule is CNC1CCCCC12C(Br)CC(C(=O)N[C@@H](Cc1ccccc1)C(=O)OC)C(O)C2Br. The molecule has 1 aromatic carbocycles. The number of amides is 1. The second-order valence-electron chi connectivity index (χ2n) is 8.68. The van der Waals surface area contributed by atoms with Gasteiger partial charge in [0.1, 0.15) is 6.04 Å². The van der Waals surface area contributed by atoms with Crippen molar-refractivity contribution in [2.24, 2.45) is 11.3 Å². The first-order valence-electron chi connectivity index (χ1n) is 10.9. The molecule has 31 heavy (non-hydrogen) atoms. The van der Waals surface area contributed by atoms with Crippen molar-refractivity contribution in [2.45, 2.75) is 66.4 Å². The van der Waals surface area contributed by atoms with E-state index in [0.717, 1.165) is 31.2 Å². The third-order valence-electron chi connectivity index (χ3n) is 7.04. The molecule has 0 aliphatic heterocycles. The Bertz CT molecular complexity index is 765. The molecule has 172 valence electrons. The molecule has 3 N–H and O–H groups in total. The number of hydrogen-bond donors (Lipinski definition) is 3. The lowest BCUT2D eigenvalue weighted by atomic mass is 9.59. The molecule has 7 atom stereocenters. The van der Waals surface area contributed by atoms with Crippen LogP contribution < -0.4 is 10.6 Å². The predicted molar refractivity (Wildman–Crippen MR) is 127 cm³/mol. The number of methoxy groups -OCH3 is 1. The van der Waals surface area contributed by atoms with Crippen molar-refractivity contribution < 1.29 is 19.4 Å². The molecule has 3 rings (SSSR count). The van der Waals surface area contributed by atoms with Gasteiger partial charge in [-0.15, -0.1) is 0 Å². The number of hydrogen-bond acceptors (Lipinski definition) is 5. The normalized spacial score (nSPS) is 34.2. The molecule has 0 aromatic heterocycles. The summed E-state index contributed by atoms with van der Waals surface area (Å²) in [6.07, 6.45) is 4.29. The first kappa shape index (κ1) is 24.7. The summed E-state index contributed by atoms with van der Waals surface area (Å²) in [4.78, 5) is 25.4. The number of esters is 1. The van der Waals surface area contributed by atoms with Gasteiger partial charge >= 0.3 is 5.97 Å². The van der Waals surface area contributed by atoms with E-state index in [-0.39, 0.29) is 27.0 Å². The Morgan fingerprint density at radius 1 is 1.26 bits per heavy atom. The molecule has 0 bridgehead atoms. The molecule has 2 saturated carbocycles. The first-order chi connectivity index (χ1) is 14.8. The largest absolute Gasteiger partial charge is 0.467 e. The summed E-state index contributed by atoms with van der Waals surface area (Å²) in [6, 6.07) is 8.96. The predicted octanol–water partition coefficient (Wildman–Crippen LogP) is 2.94. The molecule has 0 heterocycles. The van der Waals surface area contributed by atoms with Crippen molar-refractivity contribution in [3.8, 4) is 0 Å². The van der Waals surface area contributed by atoms with Gasteiger partial charge in [-0.3, -0.25) is 4.79 Å². The highest BCUT2D eigenvalue weighted by Gasteiger charge is 2.58. The fourth-order valence-corrected chi connectivity index (χ4v) is 8.17. The van der Waals surface area contributed by atoms with E-state index >= 15 is 0 Å². The molecule has 2 fully saturated rings. The van der Waals surface area contributed by atoms with Gasteiger partial charge in [-0.2, -0.15) is 0 Å². The fourth-order valence-electron chi connectivity index (χ4n) is 5.34. The monoisotopic (exact) mass is 558 g/mol. The Kier molecular flexibility index (Phi) is 8.57. The van der Waals surface area contributed by atoms with Crippen molar-refractivity contribution in [1.29, 1.82) is 0 Å². The summed E-state index contributed by atoms with van der Waals surface area (Å²) in [7, 11) is 3.28. The highest BCUT2D eigenvalue weighted by molar-refractivity contribution is 9.10. The van der Waals surface area contributed by atoms with E-state index in [1.54, 1.807) is 0 Å². The molecule has 6 nitrogen and oxygen atoms in total. The number of ether oxygens (including phenoxy) is 1. The van der Waals surface area contributed by atoms with Crippen LogP contribution in [0, 0.1) is 11.3 Å². The van der Waals surface area contributed by atoms with Gasteiger partial charge in [0.05, 0.1) is 19.1 Å². The zero-order valence-corrected chi connectivity index (χ0v) is 21.2. The standard InChI is InChI=1S/C23H32Br2N2O4/c1-26-18-10-6-7-11-23(18)17(24)13-15(19(28)20(23)25)21(29)27-16(22(30)31-2)12-14-8-4-3-5-9-14/h3-5,8-9,15-20,26,28H,6-7,10-13H2,1-2H3,(H,27,29)/t15?,16-,17?,18?,19?,20?,23?/m0/s1. The van der Waals surface area contributed by atoms with Crippen LogP contribution in [0.5, 0.6) is 0 Å². The van der Waals surface area contributed by atoms with Gasteiger partial charge < -0.3 is 20.5 Å². The Morgan fingerprint density at radius 2 is 1.97 bits per heavy atom. The van der Waals surface area contributed by atoms with Gasteiger partial charge in [0, 0.05) is 27.5 Å². The van der Waals surface area contributed by atoms with E-state index in [2.05, 4.69) is 42.5 Å². The van der Waals surface area contributed by atoms with Gasteiger partial charge in [-0.05, 0) is 31.9 Å². The minimum Gasteiger partial charge on any atom is -0.467 e. The molecule has 1 amide bonds. The maximum atomic E-state index is 13.2. The number of alkyl halides is 2. The van der Waals surface area contributed by atoms with Crippen LogP contribution in [-0.2, 0) is 20.7 Å². The minimum atomic E-state index is -0.849. The van der Waals surface area contributed by atoms with Gasteiger partial charge in [0.2, 0.25) is 5.91 Å².